The van der Waals surface area contributed by atoms with Gasteiger partial charge in [0.25, 0.3) is 0 Å². The number of rotatable bonds is 1. The van der Waals surface area contributed by atoms with Crippen molar-refractivity contribution < 1.29 is 5.11 Å². The summed E-state index contributed by atoms with van der Waals surface area (Å²) < 4.78 is 0. The summed E-state index contributed by atoms with van der Waals surface area (Å²) in [5, 5.41) is 9.55. The summed E-state index contributed by atoms with van der Waals surface area (Å²) >= 11 is 0. The molecule has 0 saturated carbocycles. The fourth-order valence-electron chi connectivity index (χ4n) is 1.62. The molecular formula is C12H14N4O. The van der Waals surface area contributed by atoms with Gasteiger partial charge in [-0.2, -0.15) is 0 Å². The largest absolute Gasteiger partial charge is 0.506 e. The van der Waals surface area contributed by atoms with Gasteiger partial charge in [0, 0.05) is 5.56 Å². The predicted molar refractivity (Wildman–Crippen MR) is 71.2 cm³/mol. The Morgan fingerprint density at radius 2 is 1.41 bits per heavy atom. The standard InChI is InChI=1S/C12H14N4O/c13-8-3-1-6(5-10(8)17)7-2-4-9(14)12(16)11(7)15/h1-5,17H,13-16H2. The van der Waals surface area contributed by atoms with E-state index in [-0.39, 0.29) is 5.75 Å². The highest BCUT2D eigenvalue weighted by Crippen LogP contribution is 2.36. The Hall–Kier alpha value is -2.56. The second-order valence-corrected chi connectivity index (χ2v) is 3.80. The zero-order valence-electron chi connectivity index (χ0n) is 9.14. The van der Waals surface area contributed by atoms with Crippen molar-refractivity contribution in [3.8, 4) is 16.9 Å². The Kier molecular flexibility index (Phi) is 2.44. The van der Waals surface area contributed by atoms with Crippen molar-refractivity contribution in [2.45, 2.75) is 0 Å². The first-order valence-corrected chi connectivity index (χ1v) is 5.03. The lowest BCUT2D eigenvalue weighted by atomic mass is 10.0. The molecule has 0 unspecified atom stereocenters. The Morgan fingerprint density at radius 3 is 2.06 bits per heavy atom. The maximum absolute atomic E-state index is 9.55. The smallest absolute Gasteiger partial charge is 0.139 e. The molecule has 0 aliphatic rings. The summed E-state index contributed by atoms with van der Waals surface area (Å²) in [6.45, 7) is 0. The molecule has 0 aromatic heterocycles. The average Bonchev–Trinajstić information content (AvgIpc) is 2.30. The number of hydrogen-bond donors (Lipinski definition) is 5. The molecule has 0 atom stereocenters. The molecule has 0 aliphatic carbocycles. The molecule has 5 heteroatoms. The monoisotopic (exact) mass is 230 g/mol. The number of nitrogens with two attached hydrogens (primary N) is 4. The van der Waals surface area contributed by atoms with Gasteiger partial charge < -0.3 is 28.0 Å². The fraction of sp³-hybridized carbons (Fsp3) is 0. The Labute approximate surface area is 98.6 Å². The van der Waals surface area contributed by atoms with Gasteiger partial charge in [0.1, 0.15) is 5.75 Å². The van der Waals surface area contributed by atoms with Crippen molar-refractivity contribution >= 4 is 22.7 Å². The van der Waals surface area contributed by atoms with E-state index in [1.54, 1.807) is 24.3 Å². The Bertz CT molecular complexity index is 581. The van der Waals surface area contributed by atoms with Crippen molar-refractivity contribution in [3.05, 3.63) is 30.3 Å². The Balaban J connectivity index is 2.61. The third-order valence-corrected chi connectivity index (χ3v) is 2.66. The van der Waals surface area contributed by atoms with Crippen molar-refractivity contribution in [2.24, 2.45) is 0 Å². The van der Waals surface area contributed by atoms with Crippen LogP contribution in [0.1, 0.15) is 0 Å². The topological polar surface area (TPSA) is 124 Å². The van der Waals surface area contributed by atoms with Crippen LogP contribution < -0.4 is 22.9 Å². The summed E-state index contributed by atoms with van der Waals surface area (Å²) in [6.07, 6.45) is 0. The van der Waals surface area contributed by atoms with E-state index in [4.69, 9.17) is 22.9 Å². The second-order valence-electron chi connectivity index (χ2n) is 3.80. The zero-order valence-corrected chi connectivity index (χ0v) is 9.14. The molecule has 17 heavy (non-hydrogen) atoms. The van der Waals surface area contributed by atoms with Gasteiger partial charge in [0.05, 0.1) is 22.7 Å². The van der Waals surface area contributed by atoms with Gasteiger partial charge in [-0.25, -0.2) is 0 Å². The maximum atomic E-state index is 9.55. The van der Waals surface area contributed by atoms with Crippen LogP contribution >= 0.6 is 0 Å². The van der Waals surface area contributed by atoms with Crippen LogP contribution in [0, 0.1) is 0 Å². The third-order valence-electron chi connectivity index (χ3n) is 2.66. The van der Waals surface area contributed by atoms with Gasteiger partial charge in [0.15, 0.2) is 0 Å². The van der Waals surface area contributed by atoms with Gasteiger partial charge in [-0.05, 0) is 23.8 Å². The Morgan fingerprint density at radius 1 is 0.765 bits per heavy atom. The van der Waals surface area contributed by atoms with Crippen molar-refractivity contribution in [3.63, 3.8) is 0 Å². The highest BCUT2D eigenvalue weighted by atomic mass is 16.3. The highest BCUT2D eigenvalue weighted by Gasteiger charge is 2.09. The SMILES string of the molecule is Nc1ccc(-c2ccc(N)c(N)c2N)cc1O. The quantitative estimate of drug-likeness (QED) is 0.374. The molecule has 0 aliphatic heterocycles. The predicted octanol–water partition coefficient (Wildman–Crippen LogP) is 1.39. The molecule has 2 rings (SSSR count). The minimum atomic E-state index is 0.0114. The van der Waals surface area contributed by atoms with E-state index in [1.807, 2.05) is 0 Å². The molecule has 0 bridgehead atoms. The van der Waals surface area contributed by atoms with E-state index < -0.39 is 0 Å². The fourth-order valence-corrected chi connectivity index (χ4v) is 1.62. The van der Waals surface area contributed by atoms with Crippen molar-refractivity contribution in [1.29, 1.82) is 0 Å². The normalized spacial score (nSPS) is 10.4. The van der Waals surface area contributed by atoms with E-state index in [9.17, 15) is 5.11 Å². The van der Waals surface area contributed by atoms with Crippen LogP contribution in [0.15, 0.2) is 30.3 Å². The molecule has 2 aromatic carbocycles. The van der Waals surface area contributed by atoms with E-state index in [2.05, 4.69) is 0 Å². The van der Waals surface area contributed by atoms with Crippen molar-refractivity contribution in [1.82, 2.24) is 0 Å². The van der Waals surface area contributed by atoms with Crippen LogP contribution in [0.5, 0.6) is 5.75 Å². The van der Waals surface area contributed by atoms with Gasteiger partial charge in [-0.1, -0.05) is 12.1 Å². The first-order chi connectivity index (χ1) is 8.00. The van der Waals surface area contributed by atoms with Crippen LogP contribution in [0.3, 0.4) is 0 Å². The molecule has 0 fully saturated rings. The molecule has 9 N–H and O–H groups in total. The van der Waals surface area contributed by atoms with Crippen LogP contribution in [-0.2, 0) is 0 Å². The van der Waals surface area contributed by atoms with E-state index in [1.165, 1.54) is 6.07 Å². The van der Waals surface area contributed by atoms with Crippen LogP contribution in [-0.4, -0.2) is 5.11 Å². The highest BCUT2D eigenvalue weighted by molar-refractivity contribution is 5.91. The van der Waals surface area contributed by atoms with E-state index >= 15 is 0 Å². The zero-order chi connectivity index (χ0) is 12.6. The molecule has 0 radical (unpaired) electrons. The van der Waals surface area contributed by atoms with Crippen LogP contribution in [0.2, 0.25) is 0 Å². The molecule has 5 nitrogen and oxygen atoms in total. The lowest BCUT2D eigenvalue weighted by Crippen LogP contribution is -2.01. The number of phenols is 1. The number of hydrogen-bond acceptors (Lipinski definition) is 5. The van der Waals surface area contributed by atoms with E-state index in [0.717, 1.165) is 5.56 Å². The number of aromatic hydroxyl groups is 1. The summed E-state index contributed by atoms with van der Waals surface area (Å²) in [6, 6.07) is 8.34. The van der Waals surface area contributed by atoms with Gasteiger partial charge in [-0.3, -0.25) is 0 Å². The first-order valence-electron chi connectivity index (χ1n) is 5.03. The lowest BCUT2D eigenvalue weighted by Gasteiger charge is -2.11. The molecule has 0 amide bonds. The maximum Gasteiger partial charge on any atom is 0.139 e. The lowest BCUT2D eigenvalue weighted by molar-refractivity contribution is 0.478. The van der Waals surface area contributed by atoms with Crippen molar-refractivity contribution in [2.75, 3.05) is 22.9 Å². The molecule has 0 saturated heterocycles. The number of benzene rings is 2. The number of anilines is 4. The second kappa shape index (κ2) is 3.79. The molecular weight excluding hydrogens is 216 g/mol. The summed E-state index contributed by atoms with van der Waals surface area (Å²) in [5.74, 6) is 0.0114. The summed E-state index contributed by atoms with van der Waals surface area (Å²) in [4.78, 5) is 0. The van der Waals surface area contributed by atoms with Gasteiger partial charge >= 0.3 is 0 Å². The molecule has 0 spiro atoms. The summed E-state index contributed by atoms with van der Waals surface area (Å²) in [5.41, 5.74) is 25.8. The van der Waals surface area contributed by atoms with Gasteiger partial charge in [0.2, 0.25) is 0 Å². The molecule has 88 valence electrons. The average molecular weight is 230 g/mol. The van der Waals surface area contributed by atoms with E-state index in [0.29, 0.717) is 28.3 Å². The number of nitrogen functional groups attached to an aromatic ring is 4. The molecule has 0 heterocycles. The minimum absolute atomic E-state index is 0.0114. The van der Waals surface area contributed by atoms with Crippen LogP contribution in [0.4, 0.5) is 22.7 Å². The molecule has 2 aromatic rings. The number of phenolic OH excluding ortho intramolecular Hbond substituents is 1. The van der Waals surface area contributed by atoms with Gasteiger partial charge in [-0.15, -0.1) is 0 Å². The summed E-state index contributed by atoms with van der Waals surface area (Å²) in [7, 11) is 0. The minimum Gasteiger partial charge on any atom is -0.506 e. The third kappa shape index (κ3) is 1.78. The van der Waals surface area contributed by atoms with Crippen LogP contribution in [0.25, 0.3) is 11.1 Å². The first kappa shape index (κ1) is 10.9.